The van der Waals surface area contributed by atoms with Gasteiger partial charge in [0.2, 0.25) is 0 Å². The number of aromatic nitrogens is 4. The number of rotatable bonds is 12. The standard InChI is InChI=1S/C39H43N9O4/c1-45-22-27(42-24-45)23-48-21-26(20-47-14-12-46(13-15-47)11-10-41-39(51)52)29-8-6-25(16-35(29)48)18-40-19-34-36(31-4-2-3-5-33(31)43-34)37-32-17-28(49)7-9-30(32)38(50)44-37/h2-9,16-17,21-22,24,37,40-41,43,49H,10-15,18-20,23H2,1H3,(H,44,50)(H,51,52). The van der Waals surface area contributed by atoms with Crippen LogP contribution in [-0.4, -0.2) is 90.4 Å². The third-order valence-electron chi connectivity index (χ3n) is 10.3. The first-order valence-electron chi connectivity index (χ1n) is 17.7. The Morgan fingerprint density at radius 2 is 1.79 bits per heavy atom. The molecule has 6 N–H and O–H groups in total. The summed E-state index contributed by atoms with van der Waals surface area (Å²) in [5, 5.41) is 30.7. The van der Waals surface area contributed by atoms with E-state index in [1.54, 1.807) is 18.2 Å². The van der Waals surface area contributed by atoms with Gasteiger partial charge in [0.25, 0.3) is 5.91 Å². The molecule has 13 heteroatoms. The molecule has 2 aliphatic heterocycles. The highest BCUT2D eigenvalue weighted by atomic mass is 16.4. The number of phenols is 1. The summed E-state index contributed by atoms with van der Waals surface area (Å²) in [5.74, 6) is -0.00484. The number of hydrogen-bond acceptors (Lipinski definition) is 7. The number of amides is 2. The van der Waals surface area contributed by atoms with Gasteiger partial charge < -0.3 is 40.3 Å². The van der Waals surface area contributed by atoms with E-state index in [9.17, 15) is 14.7 Å². The molecule has 3 aromatic heterocycles. The average molecular weight is 702 g/mol. The predicted octanol–water partition coefficient (Wildman–Crippen LogP) is 4.12. The number of nitrogens with zero attached hydrogens (tertiary/aromatic N) is 5. The summed E-state index contributed by atoms with van der Waals surface area (Å²) in [6.07, 6.45) is 5.17. The van der Waals surface area contributed by atoms with Gasteiger partial charge in [0, 0.05) is 117 Å². The fraction of sp³-hybridized carbons (Fsp3) is 0.308. The Bertz CT molecular complexity index is 2260. The van der Waals surface area contributed by atoms with Gasteiger partial charge in [-0.05, 0) is 47.0 Å². The Morgan fingerprint density at radius 1 is 0.962 bits per heavy atom. The lowest BCUT2D eigenvalue weighted by atomic mass is 9.95. The number of aromatic amines is 1. The van der Waals surface area contributed by atoms with Gasteiger partial charge in [0.1, 0.15) is 5.75 Å². The number of carbonyl (C=O) groups is 2. The zero-order valence-corrected chi connectivity index (χ0v) is 29.1. The monoisotopic (exact) mass is 701 g/mol. The number of phenolic OH excluding ortho intramolecular Hbond substituents is 1. The number of H-pyrrole nitrogens is 1. The number of aromatic hydroxyl groups is 1. The summed E-state index contributed by atoms with van der Waals surface area (Å²) >= 11 is 0. The Balaban J connectivity index is 1.01. The fourth-order valence-electron chi connectivity index (χ4n) is 7.77. The van der Waals surface area contributed by atoms with Crippen molar-refractivity contribution in [2.45, 2.75) is 32.2 Å². The Morgan fingerprint density at radius 3 is 2.60 bits per heavy atom. The smallest absolute Gasteiger partial charge is 0.404 e. The molecule has 0 aliphatic carbocycles. The number of fused-ring (bicyclic) bond motifs is 3. The number of benzene rings is 3. The summed E-state index contributed by atoms with van der Waals surface area (Å²) in [6.45, 7) is 7.53. The van der Waals surface area contributed by atoms with Crippen LogP contribution >= 0.6 is 0 Å². The first-order valence-corrected chi connectivity index (χ1v) is 17.7. The van der Waals surface area contributed by atoms with Gasteiger partial charge in [-0.2, -0.15) is 0 Å². The SMILES string of the molecule is Cn1cnc(Cn2cc(CN3CCN(CCNC(=O)O)CC3)c3ccc(CNCc4[nH]c5ccccc5c4C4NC(=O)c5ccc(O)cc54)cc32)c1. The van der Waals surface area contributed by atoms with Crippen LogP contribution in [0, 0.1) is 0 Å². The molecule has 52 heavy (non-hydrogen) atoms. The van der Waals surface area contributed by atoms with Crippen molar-refractivity contribution in [1.29, 1.82) is 0 Å². The minimum atomic E-state index is -0.979. The number of carbonyl (C=O) groups excluding carboxylic acids is 1. The van der Waals surface area contributed by atoms with Crippen LogP contribution in [-0.2, 0) is 33.2 Å². The molecule has 0 radical (unpaired) electrons. The third kappa shape index (κ3) is 6.85. The van der Waals surface area contributed by atoms with Crippen LogP contribution < -0.4 is 16.0 Å². The van der Waals surface area contributed by atoms with Crippen LogP contribution in [0.5, 0.6) is 5.75 Å². The molecule has 0 spiro atoms. The molecular formula is C39H43N9O4. The van der Waals surface area contributed by atoms with E-state index in [4.69, 9.17) is 5.11 Å². The van der Waals surface area contributed by atoms with Crippen molar-refractivity contribution in [3.8, 4) is 5.75 Å². The van der Waals surface area contributed by atoms with E-state index in [2.05, 4.69) is 76.9 Å². The van der Waals surface area contributed by atoms with E-state index in [0.29, 0.717) is 31.7 Å². The second-order valence-corrected chi connectivity index (χ2v) is 13.9. The quantitative estimate of drug-likeness (QED) is 0.111. The highest BCUT2D eigenvalue weighted by molar-refractivity contribution is 6.01. The van der Waals surface area contributed by atoms with Gasteiger partial charge in [-0.15, -0.1) is 0 Å². The van der Waals surface area contributed by atoms with Gasteiger partial charge in [-0.3, -0.25) is 14.6 Å². The molecular weight excluding hydrogens is 658 g/mol. The number of nitrogens with one attached hydrogen (secondary N) is 4. The van der Waals surface area contributed by atoms with Crippen LogP contribution in [0.15, 0.2) is 79.4 Å². The molecule has 3 aromatic carbocycles. The van der Waals surface area contributed by atoms with Crippen LogP contribution in [0.25, 0.3) is 21.8 Å². The first-order chi connectivity index (χ1) is 25.3. The highest BCUT2D eigenvalue weighted by Crippen LogP contribution is 2.38. The Labute approximate surface area is 300 Å². The number of aryl methyl sites for hydroxylation is 1. The average Bonchev–Trinajstić information content (AvgIpc) is 3.88. The number of piperazine rings is 1. The summed E-state index contributed by atoms with van der Waals surface area (Å²) in [5.41, 5.74) is 8.94. The molecule has 1 atom stereocenters. The summed E-state index contributed by atoms with van der Waals surface area (Å²) in [6, 6.07) is 19.4. The molecule has 2 amide bonds. The number of carboxylic acid groups (broad SMARTS) is 1. The minimum absolute atomic E-state index is 0.136. The second kappa shape index (κ2) is 14.2. The lowest BCUT2D eigenvalue weighted by Gasteiger charge is -2.34. The van der Waals surface area contributed by atoms with Crippen molar-refractivity contribution in [3.63, 3.8) is 0 Å². The Hall–Kier alpha value is -5.63. The van der Waals surface area contributed by atoms with Crippen molar-refractivity contribution in [2.75, 3.05) is 39.3 Å². The van der Waals surface area contributed by atoms with E-state index >= 15 is 0 Å². The Kier molecular flexibility index (Phi) is 9.14. The molecule has 13 nitrogen and oxygen atoms in total. The van der Waals surface area contributed by atoms with Crippen LogP contribution in [0.3, 0.4) is 0 Å². The van der Waals surface area contributed by atoms with Crippen molar-refractivity contribution in [2.24, 2.45) is 7.05 Å². The van der Waals surface area contributed by atoms with E-state index in [-0.39, 0.29) is 17.7 Å². The topological polar surface area (TPSA) is 156 Å². The van der Waals surface area contributed by atoms with Crippen LogP contribution in [0.4, 0.5) is 4.79 Å². The number of hydrogen-bond donors (Lipinski definition) is 6. The first kappa shape index (κ1) is 33.5. The maximum atomic E-state index is 12.9. The second-order valence-electron chi connectivity index (χ2n) is 13.9. The lowest BCUT2D eigenvalue weighted by molar-refractivity contribution is 0.0960. The maximum Gasteiger partial charge on any atom is 0.404 e. The van der Waals surface area contributed by atoms with Gasteiger partial charge in [-0.25, -0.2) is 9.78 Å². The van der Waals surface area contributed by atoms with Crippen molar-refractivity contribution < 1.29 is 19.8 Å². The molecule has 6 aromatic rings. The molecule has 2 aliphatic rings. The van der Waals surface area contributed by atoms with E-state index in [1.807, 2.05) is 36.1 Å². The van der Waals surface area contributed by atoms with Crippen molar-refractivity contribution in [3.05, 3.63) is 119 Å². The van der Waals surface area contributed by atoms with E-state index < -0.39 is 6.09 Å². The molecule has 1 fully saturated rings. The third-order valence-corrected chi connectivity index (χ3v) is 10.3. The van der Waals surface area contributed by atoms with Gasteiger partial charge >= 0.3 is 6.09 Å². The normalized spacial score (nSPS) is 16.5. The zero-order valence-electron chi connectivity index (χ0n) is 29.1. The lowest BCUT2D eigenvalue weighted by Crippen LogP contribution is -2.47. The molecule has 0 bridgehead atoms. The zero-order chi connectivity index (χ0) is 35.8. The fourth-order valence-corrected chi connectivity index (χ4v) is 7.77. The van der Waals surface area contributed by atoms with Gasteiger partial charge in [0.15, 0.2) is 0 Å². The largest absolute Gasteiger partial charge is 0.508 e. The van der Waals surface area contributed by atoms with Crippen molar-refractivity contribution in [1.82, 2.24) is 44.9 Å². The molecule has 1 saturated heterocycles. The van der Waals surface area contributed by atoms with Gasteiger partial charge in [-0.1, -0.05) is 30.3 Å². The summed E-state index contributed by atoms with van der Waals surface area (Å²) in [7, 11) is 1.98. The predicted molar refractivity (Wildman–Crippen MR) is 198 cm³/mol. The molecule has 0 saturated carbocycles. The molecule has 268 valence electrons. The molecule has 5 heterocycles. The van der Waals surface area contributed by atoms with Crippen LogP contribution in [0.1, 0.15) is 50.0 Å². The minimum Gasteiger partial charge on any atom is -0.508 e. The highest BCUT2D eigenvalue weighted by Gasteiger charge is 2.33. The van der Waals surface area contributed by atoms with Crippen LogP contribution in [0.2, 0.25) is 0 Å². The molecule has 1 unspecified atom stereocenters. The summed E-state index contributed by atoms with van der Waals surface area (Å²) < 4.78 is 4.27. The molecule has 8 rings (SSSR count). The van der Waals surface area contributed by atoms with Crippen molar-refractivity contribution >= 4 is 33.8 Å². The van der Waals surface area contributed by atoms with E-state index in [0.717, 1.165) is 83.8 Å². The maximum absolute atomic E-state index is 12.9. The summed E-state index contributed by atoms with van der Waals surface area (Å²) in [4.78, 5) is 36.7. The number of imidazole rings is 1. The van der Waals surface area contributed by atoms with E-state index in [1.165, 1.54) is 10.9 Å². The number of para-hydroxylation sites is 1. The van der Waals surface area contributed by atoms with Gasteiger partial charge in [0.05, 0.1) is 24.6 Å².